The lowest BCUT2D eigenvalue weighted by Gasteiger charge is -2.33. The average Bonchev–Trinajstić information content (AvgIpc) is 3.67. The van der Waals surface area contributed by atoms with Crippen molar-refractivity contribution in [1.29, 1.82) is 0 Å². The summed E-state index contributed by atoms with van der Waals surface area (Å²) in [4.78, 5) is 14.5. The number of nitrogens with one attached hydrogen (secondary N) is 2. The van der Waals surface area contributed by atoms with Gasteiger partial charge in [-0.25, -0.2) is 0 Å². The van der Waals surface area contributed by atoms with Gasteiger partial charge in [-0.3, -0.25) is 0 Å². The van der Waals surface area contributed by atoms with Crippen molar-refractivity contribution < 1.29 is 0 Å². The van der Waals surface area contributed by atoms with Crippen LogP contribution < -0.4 is 20.4 Å². The minimum atomic E-state index is 0.491. The first kappa shape index (κ1) is 20.4. The number of anilines is 3. The Kier molecular flexibility index (Phi) is 5.34. The van der Waals surface area contributed by atoms with E-state index in [1.807, 2.05) is 0 Å². The highest BCUT2D eigenvalue weighted by atomic mass is 32.1. The molecule has 1 aliphatic carbocycles. The molecule has 0 saturated heterocycles. The van der Waals surface area contributed by atoms with Crippen LogP contribution >= 0.6 is 12.2 Å². The van der Waals surface area contributed by atoms with Gasteiger partial charge in [0.15, 0.2) is 5.11 Å². The van der Waals surface area contributed by atoms with Crippen LogP contribution in [0.2, 0.25) is 0 Å². The molecular weight excluding hydrogens is 428 g/mol. The van der Waals surface area contributed by atoms with Crippen LogP contribution in [0.25, 0.3) is 0 Å². The van der Waals surface area contributed by atoms with Crippen molar-refractivity contribution in [3.8, 4) is 0 Å². The molecule has 0 atom stereocenters. The first-order valence-electron chi connectivity index (χ1n) is 11.8. The van der Waals surface area contributed by atoms with E-state index >= 15 is 0 Å². The maximum absolute atomic E-state index is 5.53. The van der Waals surface area contributed by atoms with Crippen LogP contribution in [0.5, 0.6) is 0 Å². The maximum Gasteiger partial charge on any atom is 0.232 e. The van der Waals surface area contributed by atoms with Gasteiger partial charge >= 0.3 is 0 Å². The van der Waals surface area contributed by atoms with E-state index in [0.29, 0.717) is 17.1 Å². The van der Waals surface area contributed by atoms with Crippen molar-refractivity contribution in [2.24, 2.45) is 0 Å². The summed E-state index contributed by atoms with van der Waals surface area (Å²) in [6.45, 7) is 3.61. The summed E-state index contributed by atoms with van der Waals surface area (Å²) in [7, 11) is 0. The fourth-order valence-electron chi connectivity index (χ4n) is 4.74. The van der Waals surface area contributed by atoms with Crippen molar-refractivity contribution in [3.05, 3.63) is 76.9 Å². The summed E-state index contributed by atoms with van der Waals surface area (Å²) in [5.41, 5.74) is 5.61. The Balaban J connectivity index is 1.30. The van der Waals surface area contributed by atoms with E-state index in [-0.39, 0.29) is 0 Å². The van der Waals surface area contributed by atoms with E-state index < -0.39 is 0 Å². The third-order valence-electron chi connectivity index (χ3n) is 6.75. The van der Waals surface area contributed by atoms with E-state index in [4.69, 9.17) is 22.2 Å². The van der Waals surface area contributed by atoms with Crippen LogP contribution in [0.3, 0.4) is 0 Å². The number of nitrogens with zero attached hydrogens (tertiary/aromatic N) is 4. The van der Waals surface area contributed by atoms with Crippen molar-refractivity contribution in [1.82, 2.24) is 15.3 Å². The molecule has 6 nitrogen and oxygen atoms in total. The van der Waals surface area contributed by atoms with Crippen LogP contribution in [0.1, 0.15) is 35.1 Å². The molecule has 1 fully saturated rings. The Labute approximate surface area is 200 Å². The van der Waals surface area contributed by atoms with Crippen molar-refractivity contribution >= 4 is 34.9 Å². The third-order valence-corrected chi connectivity index (χ3v) is 6.97. The first-order chi connectivity index (χ1) is 16.2. The van der Waals surface area contributed by atoms with Gasteiger partial charge in [0, 0.05) is 38.3 Å². The van der Waals surface area contributed by atoms with Gasteiger partial charge in [0.25, 0.3) is 0 Å². The first-order valence-corrected chi connectivity index (χ1v) is 12.2. The van der Waals surface area contributed by atoms with Gasteiger partial charge in [-0.05, 0) is 60.2 Å². The minimum Gasteiger partial charge on any atom is -0.360 e. The molecule has 1 saturated carbocycles. The molecule has 2 aromatic carbocycles. The SMILES string of the molecule is S=C(Nc1nc(N2CCc3ccccc3C2)cc(N2CCc3ccccc3C2)n1)NC1CC1. The van der Waals surface area contributed by atoms with Crippen molar-refractivity contribution in [2.75, 3.05) is 28.2 Å². The lowest BCUT2D eigenvalue weighted by molar-refractivity contribution is 0.706. The van der Waals surface area contributed by atoms with Crippen LogP contribution in [0.15, 0.2) is 54.6 Å². The fraction of sp³-hybridized carbons (Fsp3) is 0.346. The van der Waals surface area contributed by atoms with Gasteiger partial charge in [-0.2, -0.15) is 9.97 Å². The topological polar surface area (TPSA) is 56.3 Å². The smallest absolute Gasteiger partial charge is 0.232 e. The minimum absolute atomic E-state index is 0.491. The molecule has 3 aliphatic rings. The van der Waals surface area contributed by atoms with Crippen LogP contribution in [-0.2, 0) is 25.9 Å². The largest absolute Gasteiger partial charge is 0.360 e. The summed E-state index contributed by atoms with van der Waals surface area (Å²) in [5.74, 6) is 2.47. The normalized spacial score (nSPS) is 17.2. The van der Waals surface area contributed by atoms with E-state index in [0.717, 1.165) is 50.7 Å². The summed E-state index contributed by atoms with van der Waals surface area (Å²) in [6, 6.07) is 20.0. The molecule has 3 heterocycles. The summed E-state index contributed by atoms with van der Waals surface area (Å²) >= 11 is 5.53. The lowest BCUT2D eigenvalue weighted by Crippen LogP contribution is -2.35. The van der Waals surface area contributed by atoms with Gasteiger partial charge in [-0.1, -0.05) is 48.5 Å². The van der Waals surface area contributed by atoms with Crippen LogP contribution in [-0.4, -0.2) is 34.2 Å². The van der Waals surface area contributed by atoms with Gasteiger partial charge in [0.1, 0.15) is 11.6 Å². The number of hydrogen-bond donors (Lipinski definition) is 2. The second-order valence-corrected chi connectivity index (χ2v) is 9.57. The molecular formula is C26H28N6S. The number of benzene rings is 2. The predicted molar refractivity (Wildman–Crippen MR) is 137 cm³/mol. The van der Waals surface area contributed by atoms with Gasteiger partial charge in [0.2, 0.25) is 5.95 Å². The van der Waals surface area contributed by atoms with Gasteiger partial charge in [0.05, 0.1) is 0 Å². The van der Waals surface area contributed by atoms with Crippen molar-refractivity contribution in [2.45, 2.75) is 44.8 Å². The van der Waals surface area contributed by atoms with Gasteiger partial charge < -0.3 is 20.4 Å². The molecule has 0 bridgehead atoms. The molecule has 168 valence electrons. The zero-order valence-electron chi connectivity index (χ0n) is 18.6. The summed E-state index contributed by atoms with van der Waals surface area (Å²) in [5, 5.41) is 7.20. The molecule has 7 heteroatoms. The van der Waals surface area contributed by atoms with E-state index in [1.165, 1.54) is 35.1 Å². The highest BCUT2D eigenvalue weighted by Gasteiger charge is 2.24. The average molecular weight is 457 g/mol. The monoisotopic (exact) mass is 456 g/mol. The van der Waals surface area contributed by atoms with E-state index in [2.05, 4.69) is 75.0 Å². The zero-order valence-corrected chi connectivity index (χ0v) is 19.4. The Hall–Kier alpha value is -3.19. The number of thiocarbonyl (C=S) groups is 1. The molecule has 33 heavy (non-hydrogen) atoms. The Morgan fingerprint density at radius 1 is 0.788 bits per heavy atom. The van der Waals surface area contributed by atoms with E-state index in [9.17, 15) is 0 Å². The molecule has 0 unspecified atom stereocenters. The van der Waals surface area contributed by atoms with Crippen molar-refractivity contribution in [3.63, 3.8) is 0 Å². The third kappa shape index (κ3) is 4.50. The van der Waals surface area contributed by atoms with Crippen LogP contribution in [0, 0.1) is 0 Å². The number of rotatable bonds is 4. The summed E-state index contributed by atoms with van der Waals surface area (Å²) < 4.78 is 0. The maximum atomic E-state index is 5.53. The van der Waals surface area contributed by atoms with Gasteiger partial charge in [-0.15, -0.1) is 0 Å². The molecule has 3 aromatic rings. The molecule has 0 spiro atoms. The molecule has 1 aromatic heterocycles. The Morgan fingerprint density at radius 2 is 1.30 bits per heavy atom. The number of aromatic nitrogens is 2. The molecule has 6 rings (SSSR count). The highest BCUT2D eigenvalue weighted by molar-refractivity contribution is 7.80. The second kappa shape index (κ2) is 8.63. The lowest BCUT2D eigenvalue weighted by atomic mass is 9.99. The molecule has 2 N–H and O–H groups in total. The molecule has 2 aliphatic heterocycles. The Bertz CT molecular complexity index is 1120. The summed E-state index contributed by atoms with van der Waals surface area (Å²) in [6.07, 6.45) is 4.40. The quantitative estimate of drug-likeness (QED) is 0.575. The second-order valence-electron chi connectivity index (χ2n) is 9.16. The predicted octanol–water partition coefficient (Wildman–Crippen LogP) is 4.05. The van der Waals surface area contributed by atoms with E-state index in [1.54, 1.807) is 0 Å². The highest BCUT2D eigenvalue weighted by Crippen LogP contribution is 2.29. The van der Waals surface area contributed by atoms with Crippen LogP contribution in [0.4, 0.5) is 17.6 Å². The zero-order chi connectivity index (χ0) is 22.2. The Morgan fingerprint density at radius 3 is 1.82 bits per heavy atom. The fourth-order valence-corrected chi connectivity index (χ4v) is 4.99. The number of fused-ring (bicyclic) bond motifs is 2. The standard InChI is InChI=1S/C26H28N6S/c33-26(27-22-9-10-22)30-25-28-23(31-13-11-18-5-1-3-7-20(18)16-31)15-24(29-25)32-14-12-19-6-2-4-8-21(19)17-32/h1-8,15,22H,9-14,16-17H2,(H2,27,28,29,30,33). The molecule has 0 amide bonds. The molecule has 0 radical (unpaired) electrons. The number of hydrogen-bond acceptors (Lipinski definition) is 5.